The predicted molar refractivity (Wildman–Crippen MR) is 108 cm³/mol. The number of halogens is 2. The number of piperidine rings is 2. The molecule has 8 heteroatoms. The van der Waals surface area contributed by atoms with Gasteiger partial charge in [0.25, 0.3) is 5.69 Å². The summed E-state index contributed by atoms with van der Waals surface area (Å²) in [6, 6.07) is 1.62. The lowest BCUT2D eigenvalue weighted by atomic mass is 9.57. The summed E-state index contributed by atoms with van der Waals surface area (Å²) >= 11 is 0. The van der Waals surface area contributed by atoms with Crippen LogP contribution in [0.4, 0.5) is 20.2 Å². The zero-order valence-corrected chi connectivity index (χ0v) is 16.8. The highest BCUT2D eigenvalue weighted by molar-refractivity contribution is 5.54. The minimum Gasteiger partial charge on any atom is -0.367 e. The predicted octanol–water partition coefficient (Wildman–Crippen LogP) is 3.54. The van der Waals surface area contributed by atoms with Crippen LogP contribution < -0.4 is 10.6 Å². The average molecular weight is 408 g/mol. The van der Waals surface area contributed by atoms with Crippen LogP contribution >= 0.6 is 0 Å². The first-order chi connectivity index (χ1) is 13.9. The molecule has 4 rings (SSSR count). The Morgan fingerprint density at radius 3 is 2.17 bits per heavy atom. The quantitative estimate of drug-likeness (QED) is 0.596. The fourth-order valence-electron chi connectivity index (χ4n) is 5.61. The fourth-order valence-corrected chi connectivity index (χ4v) is 5.61. The van der Waals surface area contributed by atoms with Gasteiger partial charge in [0.1, 0.15) is 5.69 Å². The first kappa shape index (κ1) is 20.5. The number of rotatable bonds is 5. The van der Waals surface area contributed by atoms with Crippen molar-refractivity contribution in [3.63, 3.8) is 0 Å². The van der Waals surface area contributed by atoms with Crippen molar-refractivity contribution in [3.8, 4) is 0 Å². The molecule has 2 N–H and O–H groups in total. The summed E-state index contributed by atoms with van der Waals surface area (Å²) in [5.74, 6) is -0.450. The van der Waals surface area contributed by atoms with Gasteiger partial charge in [-0.2, -0.15) is 0 Å². The van der Waals surface area contributed by atoms with Crippen LogP contribution in [0.2, 0.25) is 0 Å². The number of anilines is 1. The molecule has 1 spiro atoms. The van der Waals surface area contributed by atoms with E-state index in [0.29, 0.717) is 24.4 Å². The number of nitrogens with two attached hydrogens (primary N) is 1. The van der Waals surface area contributed by atoms with Crippen LogP contribution in [0.1, 0.15) is 38.5 Å². The van der Waals surface area contributed by atoms with E-state index in [9.17, 15) is 18.9 Å². The number of likely N-dealkylation sites (tertiary alicyclic amines) is 1. The molecule has 0 atom stereocenters. The van der Waals surface area contributed by atoms with Crippen LogP contribution in [0.3, 0.4) is 0 Å². The minimum absolute atomic E-state index is 0.131. The van der Waals surface area contributed by atoms with Gasteiger partial charge in [-0.15, -0.1) is 0 Å². The molecule has 0 bridgehead atoms. The van der Waals surface area contributed by atoms with Gasteiger partial charge < -0.3 is 15.5 Å². The SMILES string of the molecule is NCC1CC2(CCN(CC3CCN(c4c(F)cc([N+](=O)[O-])cc4F)CC3)CC2)C1. The minimum atomic E-state index is -0.854. The van der Waals surface area contributed by atoms with Gasteiger partial charge >= 0.3 is 0 Å². The molecule has 2 aliphatic heterocycles. The summed E-state index contributed by atoms with van der Waals surface area (Å²) in [6.07, 6.45) is 6.88. The maximum absolute atomic E-state index is 14.3. The third-order valence-corrected chi connectivity index (χ3v) is 7.35. The van der Waals surface area contributed by atoms with E-state index in [-0.39, 0.29) is 5.69 Å². The Morgan fingerprint density at radius 2 is 1.66 bits per heavy atom. The van der Waals surface area contributed by atoms with Gasteiger partial charge in [0.15, 0.2) is 11.6 Å². The number of non-ortho nitro benzene ring substituents is 1. The molecule has 1 aliphatic carbocycles. The summed E-state index contributed by atoms with van der Waals surface area (Å²) < 4.78 is 28.6. The normalized spacial score (nSPS) is 23.3. The molecule has 1 aromatic carbocycles. The third-order valence-electron chi connectivity index (χ3n) is 7.35. The largest absolute Gasteiger partial charge is 0.367 e. The Hall–Kier alpha value is -1.80. The van der Waals surface area contributed by atoms with Crippen molar-refractivity contribution in [2.24, 2.45) is 23.0 Å². The number of benzene rings is 1. The highest BCUT2D eigenvalue weighted by atomic mass is 19.1. The van der Waals surface area contributed by atoms with Crippen LogP contribution in [-0.4, -0.2) is 49.1 Å². The zero-order valence-electron chi connectivity index (χ0n) is 16.8. The molecular formula is C21H30F2N4O2. The van der Waals surface area contributed by atoms with Crippen molar-refractivity contribution in [2.75, 3.05) is 44.2 Å². The summed E-state index contributed by atoms with van der Waals surface area (Å²) in [6.45, 7) is 5.31. The maximum Gasteiger partial charge on any atom is 0.275 e. The monoisotopic (exact) mass is 408 g/mol. The Balaban J connectivity index is 1.27. The number of nitro benzene ring substituents is 1. The van der Waals surface area contributed by atoms with Crippen LogP contribution in [0.25, 0.3) is 0 Å². The molecule has 0 aromatic heterocycles. The summed E-state index contributed by atoms with van der Waals surface area (Å²) in [4.78, 5) is 14.2. The fraction of sp³-hybridized carbons (Fsp3) is 0.714. The van der Waals surface area contributed by atoms with Crippen molar-refractivity contribution < 1.29 is 13.7 Å². The average Bonchev–Trinajstić information content (AvgIpc) is 2.67. The standard InChI is InChI=1S/C21H30F2N4O2/c22-18-9-17(27(28)29)10-19(23)20(18)26-5-1-15(2-6-26)14-25-7-3-21(4-8-25)11-16(12-21)13-24/h9-10,15-16H,1-8,11-14,24H2. The molecule has 3 fully saturated rings. The Kier molecular flexibility index (Phi) is 5.75. The molecule has 0 unspecified atom stereocenters. The van der Waals surface area contributed by atoms with Crippen LogP contribution in [0.5, 0.6) is 0 Å². The molecule has 2 heterocycles. The smallest absolute Gasteiger partial charge is 0.275 e. The molecule has 1 saturated carbocycles. The highest BCUT2D eigenvalue weighted by Crippen LogP contribution is 2.52. The van der Waals surface area contributed by atoms with Gasteiger partial charge in [0.05, 0.1) is 17.1 Å². The highest BCUT2D eigenvalue weighted by Gasteiger charge is 2.45. The lowest BCUT2D eigenvalue weighted by Gasteiger charge is -2.52. The molecule has 0 amide bonds. The Labute approximate surface area is 170 Å². The van der Waals surface area contributed by atoms with Crippen molar-refractivity contribution in [2.45, 2.75) is 38.5 Å². The topological polar surface area (TPSA) is 75.6 Å². The van der Waals surface area contributed by atoms with Gasteiger partial charge in [-0.1, -0.05) is 0 Å². The van der Waals surface area contributed by atoms with Gasteiger partial charge in [0.2, 0.25) is 0 Å². The van der Waals surface area contributed by atoms with E-state index >= 15 is 0 Å². The number of hydrogen-bond donors (Lipinski definition) is 1. The van der Waals surface area contributed by atoms with E-state index in [0.717, 1.165) is 57.1 Å². The van der Waals surface area contributed by atoms with E-state index < -0.39 is 22.2 Å². The first-order valence-corrected chi connectivity index (χ1v) is 10.7. The Morgan fingerprint density at radius 1 is 1.07 bits per heavy atom. The Bertz CT molecular complexity index is 728. The van der Waals surface area contributed by atoms with Crippen LogP contribution in [0.15, 0.2) is 12.1 Å². The molecule has 6 nitrogen and oxygen atoms in total. The van der Waals surface area contributed by atoms with E-state index in [2.05, 4.69) is 4.90 Å². The van der Waals surface area contributed by atoms with E-state index in [1.165, 1.54) is 25.7 Å². The van der Waals surface area contributed by atoms with E-state index in [1.807, 2.05) is 0 Å². The number of hydrogen-bond acceptors (Lipinski definition) is 5. The molecule has 29 heavy (non-hydrogen) atoms. The molecular weight excluding hydrogens is 378 g/mol. The molecule has 2 saturated heterocycles. The number of nitro groups is 1. The maximum atomic E-state index is 14.3. The van der Waals surface area contributed by atoms with Gasteiger partial charge in [-0.05, 0) is 75.4 Å². The molecule has 1 aromatic rings. The third kappa shape index (κ3) is 4.23. The number of nitrogens with zero attached hydrogens (tertiary/aromatic N) is 3. The van der Waals surface area contributed by atoms with Crippen LogP contribution in [-0.2, 0) is 0 Å². The second-order valence-electron chi connectivity index (χ2n) is 9.26. The van der Waals surface area contributed by atoms with Gasteiger partial charge in [-0.25, -0.2) is 8.78 Å². The van der Waals surface area contributed by atoms with Gasteiger partial charge in [-0.3, -0.25) is 10.1 Å². The van der Waals surface area contributed by atoms with E-state index in [4.69, 9.17) is 5.73 Å². The summed E-state index contributed by atoms with van der Waals surface area (Å²) in [7, 11) is 0. The van der Waals surface area contributed by atoms with Crippen LogP contribution in [0, 0.1) is 39.0 Å². The lowest BCUT2D eigenvalue weighted by Crippen LogP contribution is -2.50. The molecule has 3 aliphatic rings. The molecule has 160 valence electrons. The zero-order chi connectivity index (χ0) is 20.6. The summed E-state index contributed by atoms with van der Waals surface area (Å²) in [5.41, 5.74) is 5.65. The van der Waals surface area contributed by atoms with Crippen molar-refractivity contribution >= 4 is 11.4 Å². The van der Waals surface area contributed by atoms with Crippen molar-refractivity contribution in [3.05, 3.63) is 33.9 Å². The first-order valence-electron chi connectivity index (χ1n) is 10.7. The second-order valence-corrected chi connectivity index (χ2v) is 9.26. The second kappa shape index (κ2) is 8.14. The van der Waals surface area contributed by atoms with Crippen molar-refractivity contribution in [1.82, 2.24) is 4.90 Å². The lowest BCUT2D eigenvalue weighted by molar-refractivity contribution is -0.385. The van der Waals surface area contributed by atoms with Gasteiger partial charge in [0, 0.05) is 19.6 Å². The molecule has 0 radical (unpaired) electrons. The summed E-state index contributed by atoms with van der Waals surface area (Å²) in [5, 5.41) is 10.8. The van der Waals surface area contributed by atoms with Crippen molar-refractivity contribution in [1.29, 1.82) is 0 Å². The van der Waals surface area contributed by atoms with E-state index in [1.54, 1.807) is 4.90 Å².